The van der Waals surface area contributed by atoms with E-state index < -0.39 is 5.97 Å². The van der Waals surface area contributed by atoms with Gasteiger partial charge in [0.05, 0.1) is 16.6 Å². The Labute approximate surface area is 142 Å². The Morgan fingerprint density at radius 2 is 2.00 bits per heavy atom. The maximum Gasteiger partial charge on any atom is 0.337 e. The Kier molecular flexibility index (Phi) is 3.49. The van der Waals surface area contributed by atoms with Gasteiger partial charge < -0.3 is 5.11 Å². The number of nitrogens with zero attached hydrogens (tertiary/aromatic N) is 2. The number of carbonyl (C=O) groups is 1. The fraction of sp³-hybridized carbons (Fsp3) is 0.278. The Hall–Kier alpha value is -2.47. The number of carboxylic acid groups (broad SMARTS) is 1. The van der Waals surface area contributed by atoms with Gasteiger partial charge in [0.2, 0.25) is 0 Å². The largest absolute Gasteiger partial charge is 0.478 e. The number of para-hydroxylation sites is 1. The van der Waals surface area contributed by atoms with E-state index in [0.717, 1.165) is 36.1 Å². The van der Waals surface area contributed by atoms with Crippen LogP contribution in [0.4, 0.5) is 0 Å². The molecule has 0 bridgehead atoms. The molecule has 0 atom stereocenters. The molecule has 1 aliphatic carbocycles. The Bertz CT molecular complexity index is 1030. The van der Waals surface area contributed by atoms with Crippen LogP contribution in [0.2, 0.25) is 0 Å². The molecule has 0 amide bonds. The van der Waals surface area contributed by atoms with Gasteiger partial charge in [0.25, 0.3) is 5.56 Å². The van der Waals surface area contributed by atoms with Gasteiger partial charge in [-0.2, -0.15) is 0 Å². The van der Waals surface area contributed by atoms with Crippen LogP contribution in [-0.4, -0.2) is 20.6 Å². The Balaban J connectivity index is 2.07. The highest BCUT2D eigenvalue weighted by atomic mass is 32.1. The van der Waals surface area contributed by atoms with Crippen molar-refractivity contribution in [2.75, 3.05) is 0 Å². The molecule has 0 spiro atoms. The van der Waals surface area contributed by atoms with Crippen molar-refractivity contribution in [2.24, 2.45) is 0 Å². The highest BCUT2D eigenvalue weighted by molar-refractivity contribution is 7.18. The average Bonchev–Trinajstić information content (AvgIpc) is 2.93. The summed E-state index contributed by atoms with van der Waals surface area (Å²) in [6, 6.07) is 6.56. The van der Waals surface area contributed by atoms with Crippen molar-refractivity contribution in [2.45, 2.75) is 32.6 Å². The number of thiophene rings is 1. The molecular formula is C18H16N2O3S. The Morgan fingerprint density at radius 1 is 1.25 bits per heavy atom. The third-order valence-electron chi connectivity index (χ3n) is 4.53. The van der Waals surface area contributed by atoms with E-state index in [1.165, 1.54) is 15.5 Å². The van der Waals surface area contributed by atoms with Crippen LogP contribution in [-0.2, 0) is 12.8 Å². The highest BCUT2D eigenvalue weighted by Gasteiger charge is 2.23. The predicted molar refractivity (Wildman–Crippen MR) is 93.6 cm³/mol. The number of aryl methyl sites for hydroxylation is 3. The van der Waals surface area contributed by atoms with Crippen LogP contribution in [0.1, 0.15) is 39.5 Å². The zero-order chi connectivity index (χ0) is 16.8. The molecule has 3 aromatic rings. The molecule has 0 radical (unpaired) electrons. The van der Waals surface area contributed by atoms with E-state index in [1.807, 2.05) is 0 Å². The molecule has 24 heavy (non-hydrogen) atoms. The zero-order valence-electron chi connectivity index (χ0n) is 13.2. The van der Waals surface area contributed by atoms with Crippen LogP contribution in [0.3, 0.4) is 0 Å². The number of benzene rings is 1. The van der Waals surface area contributed by atoms with E-state index in [4.69, 9.17) is 0 Å². The molecular weight excluding hydrogens is 324 g/mol. The van der Waals surface area contributed by atoms with Crippen molar-refractivity contribution >= 4 is 27.5 Å². The van der Waals surface area contributed by atoms with Gasteiger partial charge >= 0.3 is 5.97 Å². The molecule has 1 N–H and O–H groups in total. The first-order chi connectivity index (χ1) is 11.6. The van der Waals surface area contributed by atoms with Gasteiger partial charge in [-0.1, -0.05) is 12.1 Å². The molecule has 0 unspecified atom stereocenters. The molecule has 1 aromatic carbocycles. The second-order valence-corrected chi connectivity index (χ2v) is 7.10. The summed E-state index contributed by atoms with van der Waals surface area (Å²) in [7, 11) is 0. The topological polar surface area (TPSA) is 72.2 Å². The predicted octanol–water partition coefficient (Wildman–Crippen LogP) is 3.33. The van der Waals surface area contributed by atoms with Gasteiger partial charge in [-0.25, -0.2) is 9.78 Å². The molecule has 0 saturated carbocycles. The zero-order valence-corrected chi connectivity index (χ0v) is 14.0. The lowest BCUT2D eigenvalue weighted by Gasteiger charge is -2.13. The quantitative estimate of drug-likeness (QED) is 0.777. The van der Waals surface area contributed by atoms with Crippen molar-refractivity contribution in [3.05, 3.63) is 56.4 Å². The monoisotopic (exact) mass is 340 g/mol. The second-order valence-electron chi connectivity index (χ2n) is 6.01. The molecule has 6 heteroatoms. The molecule has 4 rings (SSSR count). The number of hydrogen-bond acceptors (Lipinski definition) is 4. The number of rotatable bonds is 2. The van der Waals surface area contributed by atoms with Crippen molar-refractivity contribution in [3.8, 4) is 5.69 Å². The molecule has 5 nitrogen and oxygen atoms in total. The first-order valence-electron chi connectivity index (χ1n) is 7.94. The normalized spacial score (nSPS) is 13.9. The molecule has 2 heterocycles. The number of hydrogen-bond donors (Lipinski definition) is 1. The third-order valence-corrected chi connectivity index (χ3v) is 5.72. The van der Waals surface area contributed by atoms with Gasteiger partial charge in [0.15, 0.2) is 0 Å². The van der Waals surface area contributed by atoms with E-state index >= 15 is 0 Å². The summed E-state index contributed by atoms with van der Waals surface area (Å²) in [5.74, 6) is -0.538. The van der Waals surface area contributed by atoms with Crippen molar-refractivity contribution in [1.29, 1.82) is 0 Å². The van der Waals surface area contributed by atoms with Gasteiger partial charge in [0, 0.05) is 4.88 Å². The minimum absolute atomic E-state index is 0.105. The number of aromatic nitrogens is 2. The molecule has 1 aliphatic rings. The van der Waals surface area contributed by atoms with Crippen LogP contribution >= 0.6 is 11.3 Å². The lowest BCUT2D eigenvalue weighted by atomic mass is 9.97. The van der Waals surface area contributed by atoms with E-state index in [9.17, 15) is 14.7 Å². The number of carboxylic acids is 1. The Morgan fingerprint density at radius 3 is 2.79 bits per heavy atom. The van der Waals surface area contributed by atoms with E-state index in [2.05, 4.69) is 4.98 Å². The average molecular weight is 340 g/mol. The molecule has 0 fully saturated rings. The number of fused-ring (bicyclic) bond motifs is 3. The first-order valence-corrected chi connectivity index (χ1v) is 8.76. The number of aromatic carboxylic acids is 1. The molecule has 0 saturated heterocycles. The summed E-state index contributed by atoms with van der Waals surface area (Å²) >= 11 is 1.60. The minimum atomic E-state index is -1.05. The minimum Gasteiger partial charge on any atom is -0.478 e. The standard InChI is InChI=1S/C18H16N2O3S/c1-10-19-16-15(12-7-3-5-9-14(12)24-16)17(21)20(10)13-8-4-2-6-11(13)18(22)23/h2,4,6,8H,3,5,7,9H2,1H3,(H,22,23). The lowest BCUT2D eigenvalue weighted by molar-refractivity contribution is 0.0697. The van der Waals surface area contributed by atoms with Crippen molar-refractivity contribution in [3.63, 3.8) is 0 Å². The van der Waals surface area contributed by atoms with Gasteiger partial charge in [-0.05, 0) is 50.3 Å². The van der Waals surface area contributed by atoms with Crippen LogP contribution in [0.15, 0.2) is 29.1 Å². The second kappa shape index (κ2) is 5.56. The lowest BCUT2D eigenvalue weighted by Crippen LogP contribution is -2.24. The summed E-state index contributed by atoms with van der Waals surface area (Å²) in [5, 5.41) is 10.1. The molecule has 0 aliphatic heterocycles. The van der Waals surface area contributed by atoms with Gasteiger partial charge in [-0.15, -0.1) is 11.3 Å². The third kappa shape index (κ3) is 2.17. The van der Waals surface area contributed by atoms with Crippen molar-refractivity contribution < 1.29 is 9.90 Å². The van der Waals surface area contributed by atoms with Gasteiger partial charge in [-0.3, -0.25) is 9.36 Å². The van der Waals surface area contributed by atoms with Gasteiger partial charge in [0.1, 0.15) is 10.7 Å². The summed E-state index contributed by atoms with van der Waals surface area (Å²) in [5.41, 5.74) is 1.43. The van der Waals surface area contributed by atoms with Crippen LogP contribution < -0.4 is 5.56 Å². The first kappa shape index (κ1) is 15.1. The maximum atomic E-state index is 13.2. The fourth-order valence-corrected chi connectivity index (χ4v) is 4.74. The maximum absolute atomic E-state index is 13.2. The van der Waals surface area contributed by atoms with E-state index in [-0.39, 0.29) is 11.1 Å². The summed E-state index contributed by atoms with van der Waals surface area (Å²) in [4.78, 5) is 31.4. The van der Waals surface area contributed by atoms with Crippen LogP contribution in [0.25, 0.3) is 15.9 Å². The fourth-order valence-electron chi connectivity index (χ4n) is 3.44. The summed E-state index contributed by atoms with van der Waals surface area (Å²) < 4.78 is 1.44. The molecule has 2 aromatic heterocycles. The van der Waals surface area contributed by atoms with E-state index in [1.54, 1.807) is 36.5 Å². The van der Waals surface area contributed by atoms with Crippen LogP contribution in [0.5, 0.6) is 0 Å². The SMILES string of the molecule is Cc1nc2sc3c(c2c(=O)n1-c1ccccc1C(=O)O)CCCC3. The highest BCUT2D eigenvalue weighted by Crippen LogP contribution is 2.34. The summed E-state index contributed by atoms with van der Waals surface area (Å²) in [6.07, 6.45) is 4.13. The van der Waals surface area contributed by atoms with Crippen molar-refractivity contribution in [1.82, 2.24) is 9.55 Å². The molecule has 122 valence electrons. The smallest absolute Gasteiger partial charge is 0.337 e. The van der Waals surface area contributed by atoms with E-state index in [0.29, 0.717) is 16.9 Å². The van der Waals surface area contributed by atoms with Crippen LogP contribution in [0, 0.1) is 6.92 Å². The summed E-state index contributed by atoms with van der Waals surface area (Å²) in [6.45, 7) is 1.75.